The van der Waals surface area contributed by atoms with Gasteiger partial charge in [0.2, 0.25) is 0 Å². The molecule has 1 heterocycles. The molecular formula is C17H16BrN5O2. The fraction of sp³-hybridized carbons (Fsp3) is 0.176. The predicted molar refractivity (Wildman–Crippen MR) is 95.7 cm³/mol. The molecule has 1 N–H and O–H groups in total. The second-order valence-electron chi connectivity index (χ2n) is 5.32. The van der Waals surface area contributed by atoms with E-state index in [0.29, 0.717) is 17.1 Å². The van der Waals surface area contributed by atoms with E-state index in [1.54, 1.807) is 22.9 Å². The fourth-order valence-corrected chi connectivity index (χ4v) is 2.67. The number of aromatic nitrogens is 4. The van der Waals surface area contributed by atoms with E-state index in [1.165, 1.54) is 7.11 Å². The monoisotopic (exact) mass is 401 g/mol. The first-order valence-electron chi connectivity index (χ1n) is 7.58. The highest BCUT2D eigenvalue weighted by Gasteiger charge is 2.20. The SMILES string of the molecule is COc1ccccc1C(=O)NC(C)c1nnnn1-c1ccc(Br)cc1. The largest absolute Gasteiger partial charge is 0.496 e. The molecule has 2 aromatic carbocycles. The van der Waals surface area contributed by atoms with Gasteiger partial charge in [0.25, 0.3) is 5.91 Å². The molecule has 1 unspecified atom stereocenters. The Balaban J connectivity index is 1.83. The minimum Gasteiger partial charge on any atom is -0.496 e. The first-order valence-corrected chi connectivity index (χ1v) is 8.37. The number of carbonyl (C=O) groups excluding carboxylic acids is 1. The van der Waals surface area contributed by atoms with Crippen molar-refractivity contribution in [3.05, 3.63) is 64.4 Å². The lowest BCUT2D eigenvalue weighted by molar-refractivity contribution is 0.0935. The van der Waals surface area contributed by atoms with E-state index >= 15 is 0 Å². The maximum atomic E-state index is 12.5. The number of amides is 1. The van der Waals surface area contributed by atoms with Crippen molar-refractivity contribution >= 4 is 21.8 Å². The molecule has 8 heteroatoms. The number of benzene rings is 2. The van der Waals surface area contributed by atoms with Crippen molar-refractivity contribution in [2.75, 3.05) is 7.11 Å². The molecule has 7 nitrogen and oxygen atoms in total. The normalized spacial score (nSPS) is 11.8. The number of methoxy groups -OCH3 is 1. The molecule has 0 aliphatic rings. The Morgan fingerprint density at radius 1 is 1.20 bits per heavy atom. The van der Waals surface area contributed by atoms with Crippen LogP contribution in [0.25, 0.3) is 5.69 Å². The molecule has 0 aliphatic carbocycles. The lowest BCUT2D eigenvalue weighted by Crippen LogP contribution is -2.29. The number of ether oxygens (including phenoxy) is 1. The minimum absolute atomic E-state index is 0.254. The van der Waals surface area contributed by atoms with Crippen LogP contribution in [0.3, 0.4) is 0 Å². The summed E-state index contributed by atoms with van der Waals surface area (Å²) < 4.78 is 7.79. The Morgan fingerprint density at radius 2 is 1.92 bits per heavy atom. The average molecular weight is 402 g/mol. The molecule has 1 amide bonds. The molecule has 0 aliphatic heterocycles. The van der Waals surface area contributed by atoms with E-state index in [2.05, 4.69) is 36.8 Å². The zero-order valence-corrected chi connectivity index (χ0v) is 15.3. The van der Waals surface area contributed by atoms with Gasteiger partial charge in [0.15, 0.2) is 5.82 Å². The summed E-state index contributed by atoms with van der Waals surface area (Å²) >= 11 is 3.40. The van der Waals surface area contributed by atoms with Gasteiger partial charge >= 0.3 is 0 Å². The Hall–Kier alpha value is -2.74. The molecule has 0 fully saturated rings. The third kappa shape index (κ3) is 3.69. The highest BCUT2D eigenvalue weighted by molar-refractivity contribution is 9.10. The van der Waals surface area contributed by atoms with Gasteiger partial charge in [0.05, 0.1) is 24.4 Å². The van der Waals surface area contributed by atoms with Crippen LogP contribution in [0, 0.1) is 0 Å². The summed E-state index contributed by atoms with van der Waals surface area (Å²) in [5, 5.41) is 14.7. The smallest absolute Gasteiger partial charge is 0.255 e. The van der Waals surface area contributed by atoms with Crippen molar-refractivity contribution in [1.29, 1.82) is 0 Å². The molecule has 1 atom stereocenters. The maximum absolute atomic E-state index is 12.5. The van der Waals surface area contributed by atoms with Gasteiger partial charge in [-0.1, -0.05) is 28.1 Å². The molecule has 128 valence electrons. The van der Waals surface area contributed by atoms with Gasteiger partial charge in [-0.3, -0.25) is 4.79 Å². The summed E-state index contributed by atoms with van der Waals surface area (Å²) in [6.07, 6.45) is 0. The van der Waals surface area contributed by atoms with Gasteiger partial charge in [0, 0.05) is 4.47 Å². The van der Waals surface area contributed by atoms with Crippen molar-refractivity contribution in [1.82, 2.24) is 25.5 Å². The number of halogens is 1. The van der Waals surface area contributed by atoms with Crippen molar-refractivity contribution in [2.45, 2.75) is 13.0 Å². The molecule has 25 heavy (non-hydrogen) atoms. The average Bonchev–Trinajstić information content (AvgIpc) is 3.12. The molecule has 0 saturated heterocycles. The van der Waals surface area contributed by atoms with Crippen LogP contribution < -0.4 is 10.1 Å². The van der Waals surface area contributed by atoms with Crippen LogP contribution in [-0.4, -0.2) is 33.2 Å². The molecule has 3 rings (SSSR count). The summed E-state index contributed by atoms with van der Waals surface area (Å²) in [4.78, 5) is 12.5. The summed E-state index contributed by atoms with van der Waals surface area (Å²) in [7, 11) is 1.53. The zero-order valence-electron chi connectivity index (χ0n) is 13.7. The number of nitrogens with one attached hydrogen (secondary N) is 1. The van der Waals surface area contributed by atoms with Crippen LogP contribution in [0.15, 0.2) is 53.0 Å². The summed E-state index contributed by atoms with van der Waals surface area (Å²) in [5.74, 6) is 0.792. The number of para-hydroxylation sites is 1. The summed E-state index contributed by atoms with van der Waals surface area (Å²) in [5.41, 5.74) is 1.26. The Morgan fingerprint density at radius 3 is 2.64 bits per heavy atom. The standard InChI is InChI=1S/C17H16BrN5O2/c1-11(19-17(24)14-5-3-4-6-15(14)25-2)16-20-21-22-23(16)13-9-7-12(18)8-10-13/h3-11H,1-2H3,(H,19,24). The van der Waals surface area contributed by atoms with E-state index in [1.807, 2.05) is 37.3 Å². The van der Waals surface area contributed by atoms with Crippen LogP contribution in [0.2, 0.25) is 0 Å². The third-order valence-electron chi connectivity index (χ3n) is 3.65. The van der Waals surface area contributed by atoms with Crippen LogP contribution in [0.4, 0.5) is 0 Å². The highest BCUT2D eigenvalue weighted by atomic mass is 79.9. The quantitative estimate of drug-likeness (QED) is 0.710. The molecule has 0 saturated carbocycles. The van der Waals surface area contributed by atoms with E-state index in [9.17, 15) is 4.79 Å². The molecule has 1 aromatic heterocycles. The highest BCUT2D eigenvalue weighted by Crippen LogP contribution is 2.20. The first-order chi connectivity index (χ1) is 12.1. The van der Waals surface area contributed by atoms with Gasteiger partial charge in [-0.25, -0.2) is 0 Å². The predicted octanol–water partition coefficient (Wildman–Crippen LogP) is 2.92. The van der Waals surface area contributed by atoms with Crippen LogP contribution >= 0.6 is 15.9 Å². The second-order valence-corrected chi connectivity index (χ2v) is 6.24. The number of hydrogen-bond donors (Lipinski definition) is 1. The number of rotatable bonds is 5. The van der Waals surface area contributed by atoms with Crippen molar-refractivity contribution in [3.63, 3.8) is 0 Å². The number of carbonyl (C=O) groups is 1. The van der Waals surface area contributed by atoms with Gasteiger partial charge < -0.3 is 10.1 Å². The zero-order chi connectivity index (χ0) is 17.8. The van der Waals surface area contributed by atoms with E-state index in [4.69, 9.17) is 4.74 Å². The topological polar surface area (TPSA) is 81.9 Å². The first kappa shape index (κ1) is 17.1. The molecule has 3 aromatic rings. The van der Waals surface area contributed by atoms with E-state index < -0.39 is 6.04 Å². The third-order valence-corrected chi connectivity index (χ3v) is 4.18. The van der Waals surface area contributed by atoms with Crippen LogP contribution in [0.5, 0.6) is 5.75 Å². The molecule has 0 radical (unpaired) electrons. The number of tetrazole rings is 1. The lowest BCUT2D eigenvalue weighted by Gasteiger charge is -2.15. The minimum atomic E-state index is -0.393. The number of nitrogens with zero attached hydrogens (tertiary/aromatic N) is 4. The molecule has 0 bridgehead atoms. The summed E-state index contributed by atoms with van der Waals surface area (Å²) in [6.45, 7) is 1.83. The number of hydrogen-bond acceptors (Lipinski definition) is 5. The van der Waals surface area contributed by atoms with Crippen molar-refractivity contribution in [2.24, 2.45) is 0 Å². The van der Waals surface area contributed by atoms with Crippen molar-refractivity contribution in [3.8, 4) is 11.4 Å². The van der Waals surface area contributed by atoms with Gasteiger partial charge in [0.1, 0.15) is 5.75 Å². The van der Waals surface area contributed by atoms with Crippen LogP contribution in [0.1, 0.15) is 29.1 Å². The maximum Gasteiger partial charge on any atom is 0.255 e. The van der Waals surface area contributed by atoms with Gasteiger partial charge in [-0.15, -0.1) is 5.10 Å². The van der Waals surface area contributed by atoms with Crippen LogP contribution in [-0.2, 0) is 0 Å². The van der Waals surface area contributed by atoms with Gasteiger partial charge in [-0.05, 0) is 53.7 Å². The second kappa shape index (κ2) is 7.43. The lowest BCUT2D eigenvalue weighted by atomic mass is 10.1. The van der Waals surface area contributed by atoms with Crippen molar-refractivity contribution < 1.29 is 9.53 Å². The van der Waals surface area contributed by atoms with E-state index in [0.717, 1.165) is 10.2 Å². The van der Waals surface area contributed by atoms with E-state index in [-0.39, 0.29) is 5.91 Å². The Labute approximate surface area is 153 Å². The Bertz CT molecular complexity index is 879. The molecular weight excluding hydrogens is 386 g/mol. The molecule has 0 spiro atoms. The van der Waals surface area contributed by atoms with Gasteiger partial charge in [-0.2, -0.15) is 4.68 Å². The summed E-state index contributed by atoms with van der Waals surface area (Å²) in [6, 6.07) is 14.2. The Kier molecular flexibility index (Phi) is 5.08. The fourth-order valence-electron chi connectivity index (χ4n) is 2.40.